The molecule has 2 aromatic rings. The highest BCUT2D eigenvalue weighted by atomic mass is 16.3. The SMILES string of the molecule is C[C@@H](O)[C@H](NC(=O)c1ccc(-c2ccccc2)cc1)C(=O)NCC1(C)NC(=O)NC1=O. The van der Waals surface area contributed by atoms with Gasteiger partial charge in [-0.1, -0.05) is 42.5 Å². The van der Waals surface area contributed by atoms with Gasteiger partial charge in [0.2, 0.25) is 5.91 Å². The predicted molar refractivity (Wildman–Crippen MR) is 113 cm³/mol. The molecule has 2 aromatic carbocycles. The van der Waals surface area contributed by atoms with Gasteiger partial charge in [-0.15, -0.1) is 0 Å². The fourth-order valence-corrected chi connectivity index (χ4v) is 3.15. The van der Waals surface area contributed by atoms with E-state index in [1.165, 1.54) is 13.8 Å². The summed E-state index contributed by atoms with van der Waals surface area (Å²) in [5.41, 5.74) is 0.958. The third-order valence-electron chi connectivity index (χ3n) is 5.04. The fraction of sp³-hybridized carbons (Fsp3) is 0.273. The Morgan fingerprint density at radius 3 is 2.19 bits per heavy atom. The van der Waals surface area contributed by atoms with E-state index in [0.717, 1.165) is 11.1 Å². The van der Waals surface area contributed by atoms with E-state index in [1.807, 2.05) is 30.3 Å². The molecule has 3 atom stereocenters. The molecule has 5 N–H and O–H groups in total. The molecule has 1 heterocycles. The van der Waals surface area contributed by atoms with Crippen LogP contribution in [0.2, 0.25) is 0 Å². The summed E-state index contributed by atoms with van der Waals surface area (Å²) < 4.78 is 0. The highest BCUT2D eigenvalue weighted by Gasteiger charge is 2.42. The van der Waals surface area contributed by atoms with Gasteiger partial charge < -0.3 is 21.1 Å². The lowest BCUT2D eigenvalue weighted by Gasteiger charge is -2.25. The van der Waals surface area contributed by atoms with Crippen LogP contribution in [0.5, 0.6) is 0 Å². The maximum Gasteiger partial charge on any atom is 0.322 e. The molecule has 5 amide bonds. The van der Waals surface area contributed by atoms with Crippen LogP contribution in [0.15, 0.2) is 54.6 Å². The van der Waals surface area contributed by atoms with Crippen molar-refractivity contribution < 1.29 is 24.3 Å². The maximum absolute atomic E-state index is 12.6. The Hall–Kier alpha value is -3.72. The van der Waals surface area contributed by atoms with Crippen molar-refractivity contribution in [2.24, 2.45) is 0 Å². The lowest BCUT2D eigenvalue weighted by atomic mass is 10.0. The van der Waals surface area contributed by atoms with Gasteiger partial charge in [0.15, 0.2) is 0 Å². The summed E-state index contributed by atoms with van der Waals surface area (Å²) in [4.78, 5) is 48.3. The summed E-state index contributed by atoms with van der Waals surface area (Å²) in [7, 11) is 0. The lowest BCUT2D eigenvalue weighted by molar-refractivity contribution is -0.126. The van der Waals surface area contributed by atoms with Gasteiger partial charge in [-0.3, -0.25) is 19.7 Å². The van der Waals surface area contributed by atoms with Crippen LogP contribution in [-0.4, -0.2) is 53.1 Å². The second-order valence-electron chi connectivity index (χ2n) is 7.59. The molecule has 0 aromatic heterocycles. The van der Waals surface area contributed by atoms with Crippen LogP contribution in [-0.2, 0) is 9.59 Å². The number of aliphatic hydroxyl groups is 1. The van der Waals surface area contributed by atoms with Crippen molar-refractivity contribution >= 4 is 23.8 Å². The highest BCUT2D eigenvalue weighted by Crippen LogP contribution is 2.19. The van der Waals surface area contributed by atoms with E-state index in [1.54, 1.807) is 24.3 Å². The molecule has 1 saturated heterocycles. The van der Waals surface area contributed by atoms with Crippen molar-refractivity contribution in [3.8, 4) is 11.1 Å². The zero-order chi connectivity index (χ0) is 22.6. The Kier molecular flexibility index (Phi) is 6.36. The second-order valence-corrected chi connectivity index (χ2v) is 7.59. The minimum absolute atomic E-state index is 0.200. The van der Waals surface area contributed by atoms with E-state index in [4.69, 9.17) is 0 Å². The normalized spacial score (nSPS) is 19.7. The molecule has 9 heteroatoms. The van der Waals surface area contributed by atoms with Gasteiger partial charge in [0.25, 0.3) is 11.8 Å². The van der Waals surface area contributed by atoms with E-state index < -0.39 is 41.4 Å². The summed E-state index contributed by atoms with van der Waals surface area (Å²) in [5, 5.41) is 19.5. The molecule has 0 spiro atoms. The Labute approximate surface area is 179 Å². The zero-order valence-corrected chi connectivity index (χ0v) is 17.1. The van der Waals surface area contributed by atoms with Gasteiger partial charge in [-0.2, -0.15) is 0 Å². The number of carbonyl (C=O) groups excluding carboxylic acids is 4. The first-order chi connectivity index (χ1) is 14.7. The average molecular weight is 424 g/mol. The van der Waals surface area contributed by atoms with Crippen molar-refractivity contribution in [2.45, 2.75) is 31.5 Å². The number of hydrogen-bond donors (Lipinski definition) is 5. The second kappa shape index (κ2) is 8.97. The molecule has 3 rings (SSSR count). The molecule has 0 saturated carbocycles. The Bertz CT molecular complexity index is 991. The van der Waals surface area contributed by atoms with Gasteiger partial charge in [0.1, 0.15) is 11.6 Å². The molecule has 31 heavy (non-hydrogen) atoms. The molecular weight excluding hydrogens is 400 g/mol. The van der Waals surface area contributed by atoms with E-state index >= 15 is 0 Å². The summed E-state index contributed by atoms with van der Waals surface area (Å²) in [6, 6.07) is 14.6. The third kappa shape index (κ3) is 5.07. The molecule has 0 radical (unpaired) electrons. The van der Waals surface area contributed by atoms with E-state index in [0.29, 0.717) is 5.56 Å². The standard InChI is InChI=1S/C22H24N4O5/c1-13(27)17(19(29)23-12-22(2)20(30)25-21(31)26-22)24-18(28)16-10-8-15(9-11-16)14-6-4-3-5-7-14/h3-11,13,17,27H,12H2,1-2H3,(H,23,29)(H,24,28)(H2,25,26,30,31)/t13-,17+,22?/m1/s1. The van der Waals surface area contributed by atoms with Gasteiger partial charge in [-0.05, 0) is 37.1 Å². The summed E-state index contributed by atoms with van der Waals surface area (Å²) >= 11 is 0. The van der Waals surface area contributed by atoms with Crippen molar-refractivity contribution in [1.82, 2.24) is 21.3 Å². The van der Waals surface area contributed by atoms with Gasteiger partial charge in [0.05, 0.1) is 6.10 Å². The van der Waals surface area contributed by atoms with Gasteiger partial charge in [0, 0.05) is 12.1 Å². The van der Waals surface area contributed by atoms with Crippen molar-refractivity contribution in [3.63, 3.8) is 0 Å². The van der Waals surface area contributed by atoms with Crippen LogP contribution < -0.4 is 21.3 Å². The number of carbonyl (C=O) groups is 4. The Morgan fingerprint density at radius 1 is 1.03 bits per heavy atom. The van der Waals surface area contributed by atoms with Crippen LogP contribution in [0.25, 0.3) is 11.1 Å². The van der Waals surface area contributed by atoms with Crippen LogP contribution in [0.4, 0.5) is 4.79 Å². The van der Waals surface area contributed by atoms with Crippen LogP contribution in [0.1, 0.15) is 24.2 Å². The minimum atomic E-state index is -1.31. The van der Waals surface area contributed by atoms with Crippen LogP contribution >= 0.6 is 0 Å². The monoisotopic (exact) mass is 424 g/mol. The van der Waals surface area contributed by atoms with Crippen molar-refractivity contribution in [2.75, 3.05) is 6.54 Å². The number of hydrogen-bond acceptors (Lipinski definition) is 5. The Morgan fingerprint density at radius 2 is 1.65 bits per heavy atom. The minimum Gasteiger partial charge on any atom is -0.391 e. The number of aliphatic hydroxyl groups excluding tert-OH is 1. The number of amides is 5. The number of benzene rings is 2. The number of rotatable bonds is 7. The van der Waals surface area contributed by atoms with Crippen LogP contribution in [0, 0.1) is 0 Å². The lowest BCUT2D eigenvalue weighted by Crippen LogP contribution is -2.58. The summed E-state index contributed by atoms with van der Waals surface area (Å²) in [5.74, 6) is -1.79. The van der Waals surface area contributed by atoms with E-state index in [-0.39, 0.29) is 6.54 Å². The summed E-state index contributed by atoms with van der Waals surface area (Å²) in [6.07, 6.45) is -1.19. The van der Waals surface area contributed by atoms with E-state index in [2.05, 4.69) is 21.3 Å². The maximum atomic E-state index is 12.6. The van der Waals surface area contributed by atoms with Crippen molar-refractivity contribution in [1.29, 1.82) is 0 Å². The number of imide groups is 1. The third-order valence-corrected chi connectivity index (χ3v) is 5.04. The molecule has 0 bridgehead atoms. The van der Waals surface area contributed by atoms with Gasteiger partial charge >= 0.3 is 6.03 Å². The fourth-order valence-electron chi connectivity index (χ4n) is 3.15. The highest BCUT2D eigenvalue weighted by molar-refractivity contribution is 6.07. The van der Waals surface area contributed by atoms with E-state index in [9.17, 15) is 24.3 Å². The Balaban J connectivity index is 1.64. The van der Waals surface area contributed by atoms with Gasteiger partial charge in [-0.25, -0.2) is 4.79 Å². The molecule has 9 nitrogen and oxygen atoms in total. The topological polar surface area (TPSA) is 137 Å². The molecule has 0 aliphatic carbocycles. The average Bonchev–Trinajstić information content (AvgIpc) is 3.02. The largest absolute Gasteiger partial charge is 0.391 e. The molecule has 1 fully saturated rings. The molecule has 1 aliphatic heterocycles. The number of nitrogens with one attached hydrogen (secondary N) is 4. The summed E-state index contributed by atoms with van der Waals surface area (Å²) in [6.45, 7) is 2.63. The first kappa shape index (κ1) is 22.0. The molecule has 1 unspecified atom stereocenters. The number of urea groups is 1. The molecule has 1 aliphatic rings. The first-order valence-corrected chi connectivity index (χ1v) is 9.75. The zero-order valence-electron chi connectivity index (χ0n) is 17.1. The van der Waals surface area contributed by atoms with Crippen LogP contribution in [0.3, 0.4) is 0 Å². The molecular formula is C22H24N4O5. The molecule has 162 valence electrons. The van der Waals surface area contributed by atoms with Crippen molar-refractivity contribution in [3.05, 3.63) is 60.2 Å². The first-order valence-electron chi connectivity index (χ1n) is 9.75. The quantitative estimate of drug-likeness (QED) is 0.414. The predicted octanol–water partition coefficient (Wildman–Crippen LogP) is 0.547. The smallest absolute Gasteiger partial charge is 0.322 e.